The number of phenols is 2. The van der Waals surface area contributed by atoms with Gasteiger partial charge in [-0.1, -0.05) is 18.6 Å². The zero-order valence-electron chi connectivity index (χ0n) is 19.6. The predicted octanol–water partition coefficient (Wildman–Crippen LogP) is 5.55. The molecule has 0 spiro atoms. The van der Waals surface area contributed by atoms with Crippen LogP contribution in [0.2, 0.25) is 0 Å². The summed E-state index contributed by atoms with van der Waals surface area (Å²) in [7, 11) is 0. The van der Waals surface area contributed by atoms with Gasteiger partial charge in [0, 0.05) is 18.0 Å². The van der Waals surface area contributed by atoms with E-state index < -0.39 is 0 Å². The molecule has 3 N–H and O–H groups in total. The predicted molar refractivity (Wildman–Crippen MR) is 137 cm³/mol. The minimum absolute atomic E-state index is 0.119. The summed E-state index contributed by atoms with van der Waals surface area (Å²) in [5.74, 6) is 1.14. The molecule has 1 fully saturated rings. The molecule has 1 aliphatic heterocycles. The van der Waals surface area contributed by atoms with E-state index in [1.165, 1.54) is 19.3 Å². The third-order valence-electron chi connectivity index (χ3n) is 6.71. The maximum Gasteiger partial charge on any atom is 0.119 e. The van der Waals surface area contributed by atoms with Gasteiger partial charge in [-0.3, -0.25) is 0 Å². The maximum atomic E-state index is 10.1. The number of hydrogen-bond donors (Lipinski definition) is 3. The van der Waals surface area contributed by atoms with E-state index in [9.17, 15) is 15.5 Å². The normalized spacial score (nSPS) is 15.7. The van der Waals surface area contributed by atoms with Gasteiger partial charge in [0.15, 0.2) is 0 Å². The van der Waals surface area contributed by atoms with Gasteiger partial charge in [-0.25, -0.2) is 0 Å². The number of aromatic hydroxyl groups is 2. The van der Waals surface area contributed by atoms with Crippen LogP contribution in [0.25, 0.3) is 22.2 Å². The third kappa shape index (κ3) is 4.96. The fraction of sp³-hybridized carbons (Fsp3) is 0.276. The highest BCUT2D eigenvalue weighted by Crippen LogP contribution is 2.36. The summed E-state index contributed by atoms with van der Waals surface area (Å²) in [6.45, 7) is 2.34. The van der Waals surface area contributed by atoms with E-state index in [1.807, 2.05) is 30.3 Å². The zero-order valence-corrected chi connectivity index (χ0v) is 19.6. The van der Waals surface area contributed by atoms with Gasteiger partial charge < -0.3 is 24.8 Å². The Morgan fingerprint density at radius 3 is 2.46 bits per heavy atom. The monoisotopic (exact) mass is 467 g/mol. The van der Waals surface area contributed by atoms with Gasteiger partial charge in [0.1, 0.15) is 23.3 Å². The van der Waals surface area contributed by atoms with Gasteiger partial charge in [0.25, 0.3) is 0 Å². The molecule has 4 aromatic rings. The summed E-state index contributed by atoms with van der Waals surface area (Å²) in [5, 5.41) is 34.1. The lowest BCUT2D eigenvalue weighted by atomic mass is 10.0. The lowest BCUT2D eigenvalue weighted by molar-refractivity contribution is 0.268. The fourth-order valence-electron chi connectivity index (χ4n) is 4.90. The van der Waals surface area contributed by atoms with E-state index in [0.717, 1.165) is 41.1 Å². The largest absolute Gasteiger partial charge is 0.508 e. The number of aromatic nitrogens is 1. The van der Waals surface area contributed by atoms with Crippen molar-refractivity contribution >= 4 is 10.9 Å². The molecular weight excluding hydrogens is 438 g/mol. The van der Waals surface area contributed by atoms with Crippen molar-refractivity contribution < 1.29 is 14.9 Å². The first-order chi connectivity index (χ1) is 17.1. The number of piperidine rings is 1. The van der Waals surface area contributed by atoms with E-state index in [2.05, 4.69) is 16.0 Å². The standard InChI is InChI=1S/C29H29N3O3/c30-18-27-26-17-24(34)10-13-28(26)32(29(27)21-6-8-23(33)9-7-21)19-20-4-11-25(12-5-20)35-16-14-22-3-1-2-15-31-22/h4-13,17,22,31,33-34H,1-3,14-16,19H2. The Hall–Kier alpha value is -3.95. The molecule has 1 aliphatic rings. The average molecular weight is 468 g/mol. The first kappa shape index (κ1) is 22.8. The number of benzene rings is 3. The molecule has 1 atom stereocenters. The van der Waals surface area contributed by atoms with E-state index in [4.69, 9.17) is 4.74 Å². The van der Waals surface area contributed by atoms with E-state index >= 15 is 0 Å². The number of ether oxygens (including phenoxy) is 1. The lowest BCUT2D eigenvalue weighted by Crippen LogP contribution is -2.35. The van der Waals surface area contributed by atoms with Crippen LogP contribution in [-0.2, 0) is 6.54 Å². The molecule has 0 aliphatic carbocycles. The van der Waals surface area contributed by atoms with Crippen molar-refractivity contribution in [1.29, 1.82) is 5.26 Å². The molecule has 3 aromatic carbocycles. The quantitative estimate of drug-likeness (QED) is 0.331. The number of rotatable bonds is 7. The highest BCUT2D eigenvalue weighted by Gasteiger charge is 2.19. The molecular formula is C29H29N3O3. The van der Waals surface area contributed by atoms with E-state index in [0.29, 0.717) is 30.1 Å². The minimum atomic E-state index is 0.119. The Labute approximate surface area is 205 Å². The fourth-order valence-corrected chi connectivity index (χ4v) is 4.90. The molecule has 35 heavy (non-hydrogen) atoms. The van der Waals surface area contributed by atoms with Crippen molar-refractivity contribution in [3.63, 3.8) is 0 Å². The van der Waals surface area contributed by atoms with Crippen molar-refractivity contribution in [1.82, 2.24) is 9.88 Å². The average Bonchev–Trinajstić information content (AvgIpc) is 3.18. The smallest absolute Gasteiger partial charge is 0.119 e. The molecule has 6 heteroatoms. The van der Waals surface area contributed by atoms with Crippen LogP contribution in [0.4, 0.5) is 0 Å². The summed E-state index contributed by atoms with van der Waals surface area (Å²) < 4.78 is 8.07. The van der Waals surface area contributed by atoms with Crippen LogP contribution in [0.1, 0.15) is 36.8 Å². The lowest BCUT2D eigenvalue weighted by Gasteiger charge is -2.23. The zero-order chi connectivity index (χ0) is 24.2. The molecule has 178 valence electrons. The molecule has 2 heterocycles. The second kappa shape index (κ2) is 10.1. The van der Waals surface area contributed by atoms with E-state index in [-0.39, 0.29) is 11.5 Å². The van der Waals surface area contributed by atoms with Crippen LogP contribution in [-0.4, -0.2) is 34.0 Å². The summed E-state index contributed by atoms with van der Waals surface area (Å²) in [6.07, 6.45) is 4.79. The number of phenolic OH excluding ortho intramolecular Hbond substituents is 2. The Bertz CT molecular complexity index is 1350. The summed E-state index contributed by atoms with van der Waals surface area (Å²) >= 11 is 0. The van der Waals surface area contributed by atoms with Crippen molar-refractivity contribution in [3.8, 4) is 34.6 Å². The van der Waals surface area contributed by atoms with Crippen LogP contribution >= 0.6 is 0 Å². The number of hydrogen-bond acceptors (Lipinski definition) is 5. The van der Waals surface area contributed by atoms with Crippen LogP contribution in [0.3, 0.4) is 0 Å². The summed E-state index contributed by atoms with van der Waals surface area (Å²) in [5.41, 5.74) is 4.01. The van der Waals surface area contributed by atoms with Gasteiger partial charge in [-0.05, 0) is 91.5 Å². The highest BCUT2D eigenvalue weighted by atomic mass is 16.5. The Morgan fingerprint density at radius 1 is 0.971 bits per heavy atom. The molecule has 1 aromatic heterocycles. The van der Waals surface area contributed by atoms with E-state index in [1.54, 1.807) is 36.4 Å². The van der Waals surface area contributed by atoms with Crippen LogP contribution in [0.15, 0.2) is 66.7 Å². The SMILES string of the molecule is N#Cc1c(-c2ccc(O)cc2)n(Cc2ccc(OCCC3CCCCN3)cc2)c2ccc(O)cc12. The number of nitrogens with zero attached hydrogens (tertiary/aromatic N) is 2. The number of fused-ring (bicyclic) bond motifs is 1. The van der Waals surface area contributed by atoms with Gasteiger partial charge in [-0.2, -0.15) is 5.26 Å². The molecule has 0 radical (unpaired) electrons. The summed E-state index contributed by atoms with van der Waals surface area (Å²) in [4.78, 5) is 0. The van der Waals surface area contributed by atoms with Gasteiger partial charge in [0.05, 0.1) is 23.4 Å². The first-order valence-electron chi connectivity index (χ1n) is 12.1. The molecule has 0 saturated carbocycles. The topological polar surface area (TPSA) is 90.4 Å². The number of nitrogens with one attached hydrogen (secondary N) is 1. The Balaban J connectivity index is 1.41. The van der Waals surface area contributed by atoms with Crippen molar-refractivity contribution in [2.24, 2.45) is 0 Å². The molecule has 1 unspecified atom stereocenters. The molecule has 1 saturated heterocycles. The van der Waals surface area contributed by atoms with Crippen LogP contribution in [0.5, 0.6) is 17.2 Å². The second-order valence-corrected chi connectivity index (χ2v) is 9.10. The van der Waals surface area contributed by atoms with Gasteiger partial charge in [0.2, 0.25) is 0 Å². The minimum Gasteiger partial charge on any atom is -0.508 e. The van der Waals surface area contributed by atoms with Gasteiger partial charge >= 0.3 is 0 Å². The maximum absolute atomic E-state index is 10.1. The molecule has 0 bridgehead atoms. The Kier molecular flexibility index (Phi) is 6.60. The van der Waals surface area contributed by atoms with Crippen LogP contribution < -0.4 is 10.1 Å². The Morgan fingerprint density at radius 2 is 1.74 bits per heavy atom. The van der Waals surface area contributed by atoms with Crippen molar-refractivity contribution in [2.45, 2.75) is 38.3 Å². The second-order valence-electron chi connectivity index (χ2n) is 9.10. The molecule has 5 rings (SSSR count). The molecule has 6 nitrogen and oxygen atoms in total. The van der Waals surface area contributed by atoms with Crippen molar-refractivity contribution in [3.05, 3.63) is 77.9 Å². The first-order valence-corrected chi connectivity index (χ1v) is 12.1. The third-order valence-corrected chi connectivity index (χ3v) is 6.71. The summed E-state index contributed by atoms with van der Waals surface area (Å²) in [6, 6.07) is 22.9. The van der Waals surface area contributed by atoms with Gasteiger partial charge in [-0.15, -0.1) is 0 Å². The molecule has 0 amide bonds. The number of nitriles is 1. The highest BCUT2D eigenvalue weighted by molar-refractivity contribution is 5.95. The van der Waals surface area contributed by atoms with Crippen LogP contribution in [0, 0.1) is 11.3 Å². The van der Waals surface area contributed by atoms with Crippen molar-refractivity contribution in [2.75, 3.05) is 13.2 Å².